The van der Waals surface area contributed by atoms with E-state index in [1.54, 1.807) is 6.92 Å². The van der Waals surface area contributed by atoms with Crippen LogP contribution in [0.15, 0.2) is 24.3 Å². The number of carbonyl (C=O) groups is 1. The van der Waals surface area contributed by atoms with Crippen molar-refractivity contribution in [1.29, 1.82) is 0 Å². The number of imidazole rings is 1. The van der Waals surface area contributed by atoms with Crippen LogP contribution in [0, 0.1) is 0 Å². The minimum atomic E-state index is -0.810. The van der Waals surface area contributed by atoms with E-state index in [-0.39, 0.29) is 0 Å². The number of fused-ring (bicyclic) bond motifs is 1. The molecular formula is C13H14N2O2. The molecule has 1 aliphatic rings. The Bertz CT molecular complexity index is 584. The Kier molecular flexibility index (Phi) is 2.18. The van der Waals surface area contributed by atoms with Gasteiger partial charge in [0, 0.05) is 5.92 Å². The first-order valence-electron chi connectivity index (χ1n) is 5.88. The number of carboxylic acids is 1. The van der Waals surface area contributed by atoms with Crippen molar-refractivity contribution >= 4 is 17.0 Å². The molecule has 1 unspecified atom stereocenters. The third-order valence-electron chi connectivity index (χ3n) is 3.31. The van der Waals surface area contributed by atoms with Gasteiger partial charge >= 0.3 is 5.97 Å². The summed E-state index contributed by atoms with van der Waals surface area (Å²) in [6, 6.07) is 7.17. The van der Waals surface area contributed by atoms with Crippen molar-refractivity contribution in [2.24, 2.45) is 0 Å². The molecule has 1 aromatic carbocycles. The molecule has 0 aliphatic heterocycles. The van der Waals surface area contributed by atoms with Crippen LogP contribution in [0.25, 0.3) is 11.0 Å². The lowest BCUT2D eigenvalue weighted by Crippen LogP contribution is -2.17. The van der Waals surface area contributed by atoms with Crippen LogP contribution in [0.2, 0.25) is 0 Å². The highest BCUT2D eigenvalue weighted by Crippen LogP contribution is 2.41. The van der Waals surface area contributed by atoms with Gasteiger partial charge in [0.2, 0.25) is 0 Å². The van der Waals surface area contributed by atoms with Crippen LogP contribution >= 0.6 is 0 Å². The number of benzene rings is 1. The zero-order chi connectivity index (χ0) is 12.0. The van der Waals surface area contributed by atoms with E-state index in [4.69, 9.17) is 0 Å². The predicted octanol–water partition coefficient (Wildman–Crippen LogP) is 2.56. The average Bonchev–Trinajstić information content (AvgIpc) is 3.09. The van der Waals surface area contributed by atoms with E-state index in [0.29, 0.717) is 5.92 Å². The molecule has 0 bridgehead atoms. The molecule has 0 spiro atoms. The van der Waals surface area contributed by atoms with Crippen molar-refractivity contribution in [2.45, 2.75) is 31.7 Å². The zero-order valence-corrected chi connectivity index (χ0v) is 9.63. The number of carboxylic acid groups (broad SMARTS) is 1. The monoisotopic (exact) mass is 230 g/mol. The molecule has 4 heteroatoms. The maximum atomic E-state index is 11.2. The number of hydrogen-bond donors (Lipinski definition) is 1. The number of aromatic nitrogens is 2. The molecule has 1 aliphatic carbocycles. The van der Waals surface area contributed by atoms with Gasteiger partial charge in [-0.1, -0.05) is 12.1 Å². The quantitative estimate of drug-likeness (QED) is 0.881. The number of para-hydroxylation sites is 2. The van der Waals surface area contributed by atoms with Gasteiger partial charge in [-0.3, -0.25) is 0 Å². The van der Waals surface area contributed by atoms with E-state index in [1.165, 1.54) is 0 Å². The van der Waals surface area contributed by atoms with Gasteiger partial charge in [0.1, 0.15) is 11.9 Å². The Morgan fingerprint density at radius 3 is 2.82 bits per heavy atom. The van der Waals surface area contributed by atoms with Crippen molar-refractivity contribution in [2.75, 3.05) is 0 Å². The molecule has 0 saturated heterocycles. The third-order valence-corrected chi connectivity index (χ3v) is 3.31. The third kappa shape index (κ3) is 1.60. The summed E-state index contributed by atoms with van der Waals surface area (Å²) in [6.07, 6.45) is 2.24. The Hall–Kier alpha value is -1.84. The molecule has 3 rings (SSSR count). The summed E-state index contributed by atoms with van der Waals surface area (Å²) in [5.41, 5.74) is 1.81. The molecule has 1 N–H and O–H groups in total. The fourth-order valence-electron chi connectivity index (χ4n) is 2.21. The lowest BCUT2D eigenvalue weighted by atomic mass is 10.2. The maximum absolute atomic E-state index is 11.2. The van der Waals surface area contributed by atoms with E-state index < -0.39 is 12.0 Å². The van der Waals surface area contributed by atoms with Crippen LogP contribution < -0.4 is 0 Å². The molecular weight excluding hydrogens is 216 g/mol. The van der Waals surface area contributed by atoms with Crippen LogP contribution in [-0.2, 0) is 4.79 Å². The number of aliphatic carboxylic acids is 1. The summed E-state index contributed by atoms with van der Waals surface area (Å²) in [5.74, 6) is 0.570. The van der Waals surface area contributed by atoms with E-state index in [1.807, 2.05) is 28.8 Å². The Balaban J connectivity index is 2.24. The Labute approximate surface area is 98.9 Å². The molecule has 1 aromatic heterocycles. The van der Waals surface area contributed by atoms with E-state index in [0.717, 1.165) is 29.7 Å². The molecule has 1 atom stereocenters. The lowest BCUT2D eigenvalue weighted by molar-refractivity contribution is -0.140. The summed E-state index contributed by atoms with van der Waals surface area (Å²) >= 11 is 0. The first kappa shape index (κ1) is 10.3. The van der Waals surface area contributed by atoms with Crippen LogP contribution in [0.4, 0.5) is 0 Å². The van der Waals surface area contributed by atoms with Crippen LogP contribution in [0.5, 0.6) is 0 Å². The highest BCUT2D eigenvalue weighted by molar-refractivity contribution is 5.80. The topological polar surface area (TPSA) is 55.1 Å². The SMILES string of the molecule is CC(C(=O)O)n1c(C2CC2)nc2ccccc21. The van der Waals surface area contributed by atoms with Gasteiger partial charge < -0.3 is 9.67 Å². The first-order chi connectivity index (χ1) is 8.18. The summed E-state index contributed by atoms with van der Waals surface area (Å²) in [7, 11) is 0. The largest absolute Gasteiger partial charge is 0.480 e. The van der Waals surface area contributed by atoms with Gasteiger partial charge in [0.25, 0.3) is 0 Å². The molecule has 2 aromatic rings. The highest BCUT2D eigenvalue weighted by Gasteiger charge is 2.32. The average molecular weight is 230 g/mol. The predicted molar refractivity (Wildman–Crippen MR) is 64.1 cm³/mol. The minimum Gasteiger partial charge on any atom is -0.480 e. The summed E-state index contributed by atoms with van der Waals surface area (Å²) in [6.45, 7) is 1.71. The summed E-state index contributed by atoms with van der Waals surface area (Å²) in [5, 5.41) is 9.19. The molecule has 17 heavy (non-hydrogen) atoms. The summed E-state index contributed by atoms with van der Waals surface area (Å²) < 4.78 is 1.87. The smallest absolute Gasteiger partial charge is 0.326 e. The maximum Gasteiger partial charge on any atom is 0.326 e. The Morgan fingerprint density at radius 2 is 2.18 bits per heavy atom. The van der Waals surface area contributed by atoms with Gasteiger partial charge in [0.15, 0.2) is 0 Å². The van der Waals surface area contributed by atoms with Crippen LogP contribution in [0.1, 0.15) is 37.5 Å². The molecule has 0 amide bonds. The van der Waals surface area contributed by atoms with Crippen LogP contribution in [0.3, 0.4) is 0 Å². The van der Waals surface area contributed by atoms with Gasteiger partial charge in [-0.15, -0.1) is 0 Å². The fraction of sp³-hybridized carbons (Fsp3) is 0.385. The second-order valence-electron chi connectivity index (χ2n) is 4.62. The molecule has 4 nitrogen and oxygen atoms in total. The Morgan fingerprint density at radius 1 is 1.47 bits per heavy atom. The van der Waals surface area contributed by atoms with Crippen LogP contribution in [-0.4, -0.2) is 20.6 Å². The lowest BCUT2D eigenvalue weighted by Gasteiger charge is -2.13. The molecule has 1 fully saturated rings. The minimum absolute atomic E-state index is 0.448. The summed E-state index contributed by atoms with van der Waals surface area (Å²) in [4.78, 5) is 15.8. The molecule has 1 saturated carbocycles. The van der Waals surface area contributed by atoms with E-state index in [2.05, 4.69) is 4.98 Å². The van der Waals surface area contributed by atoms with Crippen molar-refractivity contribution in [3.8, 4) is 0 Å². The van der Waals surface area contributed by atoms with Gasteiger partial charge in [-0.05, 0) is 31.9 Å². The standard InChI is InChI=1S/C13H14N2O2/c1-8(13(16)17)15-11-5-3-2-4-10(11)14-12(15)9-6-7-9/h2-5,8-9H,6-7H2,1H3,(H,16,17). The van der Waals surface area contributed by atoms with Gasteiger partial charge in [-0.2, -0.15) is 0 Å². The van der Waals surface area contributed by atoms with Gasteiger partial charge in [0.05, 0.1) is 11.0 Å². The molecule has 0 radical (unpaired) electrons. The first-order valence-corrected chi connectivity index (χ1v) is 5.88. The van der Waals surface area contributed by atoms with E-state index >= 15 is 0 Å². The number of nitrogens with zero attached hydrogens (tertiary/aromatic N) is 2. The molecule has 88 valence electrons. The number of hydrogen-bond acceptors (Lipinski definition) is 2. The second-order valence-corrected chi connectivity index (χ2v) is 4.62. The number of rotatable bonds is 3. The van der Waals surface area contributed by atoms with Gasteiger partial charge in [-0.25, -0.2) is 9.78 Å². The highest BCUT2D eigenvalue weighted by atomic mass is 16.4. The normalized spacial score (nSPS) is 17.2. The van der Waals surface area contributed by atoms with E-state index in [9.17, 15) is 9.90 Å². The van der Waals surface area contributed by atoms with Crippen molar-refractivity contribution in [3.05, 3.63) is 30.1 Å². The van der Waals surface area contributed by atoms with Crippen molar-refractivity contribution < 1.29 is 9.90 Å². The van der Waals surface area contributed by atoms with Crippen molar-refractivity contribution in [3.63, 3.8) is 0 Å². The van der Waals surface area contributed by atoms with Crippen molar-refractivity contribution in [1.82, 2.24) is 9.55 Å². The molecule has 1 heterocycles. The fourth-order valence-corrected chi connectivity index (χ4v) is 2.21. The second kappa shape index (κ2) is 3.58. The zero-order valence-electron chi connectivity index (χ0n) is 9.63.